The zero-order valence-electron chi connectivity index (χ0n) is 6.43. The lowest BCUT2D eigenvalue weighted by atomic mass is 10.5. The summed E-state index contributed by atoms with van der Waals surface area (Å²) in [5.74, 6) is -0.449. The molecule has 0 unspecified atom stereocenters. The molecule has 0 atom stereocenters. The Morgan fingerprint density at radius 2 is 2.50 bits per heavy atom. The molecule has 1 aromatic rings. The Balaban J connectivity index is 2.87. The van der Waals surface area contributed by atoms with Crippen LogP contribution in [0.25, 0.3) is 0 Å². The van der Waals surface area contributed by atoms with Crippen LogP contribution in [-0.2, 0) is 4.74 Å². The predicted octanol–water partition coefficient (Wildman–Crippen LogP) is 0.822. The number of carbonyl (C=O) groups is 1. The van der Waals surface area contributed by atoms with Gasteiger partial charge >= 0.3 is 5.97 Å². The minimum absolute atomic E-state index is 0.0333. The Morgan fingerprint density at radius 3 is 2.92 bits per heavy atom. The normalized spacial score (nSPS) is 9.83. The van der Waals surface area contributed by atoms with E-state index in [1.165, 1.54) is 0 Å². The first kappa shape index (κ1) is 8.86. The maximum absolute atomic E-state index is 11.0. The lowest BCUT2D eigenvalue weighted by Crippen LogP contribution is -2.05. The molecule has 6 heteroatoms. The number of nitrogens with one attached hydrogen (secondary N) is 1. The minimum atomic E-state index is -0.549. The van der Waals surface area contributed by atoms with E-state index in [4.69, 9.17) is 17.3 Å². The lowest BCUT2D eigenvalue weighted by Gasteiger charge is -1.97. The summed E-state index contributed by atoms with van der Waals surface area (Å²) in [6.07, 6.45) is 0. The highest BCUT2D eigenvalue weighted by Crippen LogP contribution is 2.14. The van der Waals surface area contributed by atoms with E-state index < -0.39 is 5.97 Å². The van der Waals surface area contributed by atoms with E-state index in [2.05, 4.69) is 14.7 Å². The first-order valence-corrected chi connectivity index (χ1v) is 3.71. The molecule has 66 valence electrons. The van der Waals surface area contributed by atoms with Crippen LogP contribution >= 0.6 is 11.6 Å². The lowest BCUT2D eigenvalue weighted by molar-refractivity contribution is 0.0520. The Hall–Kier alpha value is -1.23. The molecule has 0 aromatic carbocycles. The van der Waals surface area contributed by atoms with Gasteiger partial charge in [0, 0.05) is 0 Å². The third kappa shape index (κ3) is 1.68. The van der Waals surface area contributed by atoms with Gasteiger partial charge in [0.1, 0.15) is 0 Å². The SMILES string of the molecule is CCOC(=O)c1[nH]c(N)nc1Cl. The molecule has 1 rings (SSSR count). The third-order valence-electron chi connectivity index (χ3n) is 1.16. The zero-order valence-corrected chi connectivity index (χ0v) is 7.18. The van der Waals surface area contributed by atoms with Crippen LogP contribution in [0.5, 0.6) is 0 Å². The molecule has 0 aliphatic heterocycles. The van der Waals surface area contributed by atoms with Gasteiger partial charge in [0.15, 0.2) is 16.8 Å². The molecule has 0 saturated heterocycles. The maximum atomic E-state index is 11.0. The first-order valence-electron chi connectivity index (χ1n) is 3.33. The monoisotopic (exact) mass is 189 g/mol. The zero-order chi connectivity index (χ0) is 9.14. The topological polar surface area (TPSA) is 81.0 Å². The summed E-state index contributed by atoms with van der Waals surface area (Å²) in [4.78, 5) is 17.1. The van der Waals surface area contributed by atoms with Crippen molar-refractivity contribution in [3.05, 3.63) is 10.8 Å². The standard InChI is InChI=1S/C6H8ClN3O2/c1-2-12-5(11)3-4(7)10-6(8)9-3/h2H2,1H3,(H3,8,9,10). The van der Waals surface area contributed by atoms with Gasteiger partial charge in [-0.3, -0.25) is 0 Å². The van der Waals surface area contributed by atoms with Crippen molar-refractivity contribution < 1.29 is 9.53 Å². The number of nitrogen functional groups attached to an aromatic ring is 1. The molecule has 5 nitrogen and oxygen atoms in total. The number of H-pyrrole nitrogens is 1. The highest BCUT2D eigenvalue weighted by atomic mass is 35.5. The van der Waals surface area contributed by atoms with Gasteiger partial charge < -0.3 is 15.5 Å². The van der Waals surface area contributed by atoms with E-state index in [1.807, 2.05) is 0 Å². The number of halogens is 1. The number of aromatic amines is 1. The average molecular weight is 190 g/mol. The van der Waals surface area contributed by atoms with E-state index in [9.17, 15) is 4.79 Å². The number of imidazole rings is 1. The highest BCUT2D eigenvalue weighted by molar-refractivity contribution is 6.32. The number of esters is 1. The smallest absolute Gasteiger partial charge is 0.358 e. The number of nitrogens with two attached hydrogens (primary N) is 1. The Kier molecular flexibility index (Phi) is 2.54. The molecule has 0 radical (unpaired) electrons. The fraction of sp³-hybridized carbons (Fsp3) is 0.333. The molecule has 0 bridgehead atoms. The number of ether oxygens (including phenoxy) is 1. The molecular weight excluding hydrogens is 182 g/mol. The number of carbonyl (C=O) groups excluding carboxylic acids is 1. The molecule has 3 N–H and O–H groups in total. The van der Waals surface area contributed by atoms with Crippen molar-refractivity contribution in [1.82, 2.24) is 9.97 Å². The highest BCUT2D eigenvalue weighted by Gasteiger charge is 2.15. The molecule has 1 heterocycles. The Labute approximate surface area is 73.9 Å². The second-order valence-corrected chi connectivity index (χ2v) is 2.37. The third-order valence-corrected chi connectivity index (χ3v) is 1.43. The molecular formula is C6H8ClN3O2. The van der Waals surface area contributed by atoms with Crippen LogP contribution < -0.4 is 5.73 Å². The van der Waals surface area contributed by atoms with Crippen molar-refractivity contribution in [2.24, 2.45) is 0 Å². The molecule has 12 heavy (non-hydrogen) atoms. The van der Waals surface area contributed by atoms with Crippen LogP contribution in [-0.4, -0.2) is 22.5 Å². The van der Waals surface area contributed by atoms with Crippen LogP contribution in [0.2, 0.25) is 5.15 Å². The first-order chi connectivity index (χ1) is 5.65. The summed E-state index contributed by atoms with van der Waals surface area (Å²) in [5.41, 5.74) is 5.35. The molecule has 0 aliphatic carbocycles. The molecule has 0 saturated carbocycles. The van der Waals surface area contributed by atoms with Gasteiger partial charge in [-0.25, -0.2) is 9.78 Å². The van der Waals surface area contributed by atoms with E-state index in [1.54, 1.807) is 6.92 Å². The van der Waals surface area contributed by atoms with Crippen LogP contribution in [0.15, 0.2) is 0 Å². The van der Waals surface area contributed by atoms with E-state index >= 15 is 0 Å². The van der Waals surface area contributed by atoms with Gasteiger partial charge in [-0.05, 0) is 6.92 Å². The summed E-state index contributed by atoms with van der Waals surface area (Å²) >= 11 is 5.55. The molecule has 0 aliphatic rings. The predicted molar refractivity (Wildman–Crippen MR) is 44.0 cm³/mol. The number of nitrogens with zero attached hydrogens (tertiary/aromatic N) is 1. The van der Waals surface area contributed by atoms with Gasteiger partial charge in [-0.15, -0.1) is 0 Å². The van der Waals surface area contributed by atoms with Gasteiger partial charge in [0.25, 0.3) is 0 Å². The maximum Gasteiger partial charge on any atom is 0.358 e. The number of aromatic nitrogens is 2. The number of rotatable bonds is 2. The quantitative estimate of drug-likeness (QED) is 0.675. The fourth-order valence-electron chi connectivity index (χ4n) is 0.708. The van der Waals surface area contributed by atoms with Gasteiger partial charge in [-0.2, -0.15) is 0 Å². The summed E-state index contributed by atoms with van der Waals surface area (Å²) < 4.78 is 4.67. The van der Waals surface area contributed by atoms with Gasteiger partial charge in [0.05, 0.1) is 6.61 Å². The van der Waals surface area contributed by atoms with Gasteiger partial charge in [-0.1, -0.05) is 11.6 Å². The van der Waals surface area contributed by atoms with Crippen LogP contribution in [0.3, 0.4) is 0 Å². The van der Waals surface area contributed by atoms with Crippen LogP contribution in [0.4, 0.5) is 5.95 Å². The molecule has 1 aromatic heterocycles. The van der Waals surface area contributed by atoms with E-state index in [0.717, 1.165) is 0 Å². The van der Waals surface area contributed by atoms with Gasteiger partial charge in [0.2, 0.25) is 0 Å². The summed E-state index contributed by atoms with van der Waals surface area (Å²) in [7, 11) is 0. The minimum Gasteiger partial charge on any atom is -0.461 e. The summed E-state index contributed by atoms with van der Waals surface area (Å²) in [6.45, 7) is 1.99. The molecule has 0 spiro atoms. The Morgan fingerprint density at radius 1 is 1.83 bits per heavy atom. The largest absolute Gasteiger partial charge is 0.461 e. The number of hydrogen-bond acceptors (Lipinski definition) is 4. The Bertz CT molecular complexity index is 297. The van der Waals surface area contributed by atoms with Crippen molar-refractivity contribution in [2.45, 2.75) is 6.92 Å². The average Bonchev–Trinajstić information content (AvgIpc) is 2.30. The van der Waals surface area contributed by atoms with E-state index in [0.29, 0.717) is 0 Å². The summed E-state index contributed by atoms with van der Waals surface area (Å²) in [5, 5.41) is 0.0333. The molecule has 0 fully saturated rings. The van der Waals surface area contributed by atoms with E-state index in [-0.39, 0.29) is 23.4 Å². The summed E-state index contributed by atoms with van der Waals surface area (Å²) in [6, 6.07) is 0. The van der Waals surface area contributed by atoms with Crippen LogP contribution in [0, 0.1) is 0 Å². The van der Waals surface area contributed by atoms with Crippen LogP contribution in [0.1, 0.15) is 17.4 Å². The van der Waals surface area contributed by atoms with Crippen molar-refractivity contribution >= 4 is 23.5 Å². The van der Waals surface area contributed by atoms with Crippen molar-refractivity contribution in [1.29, 1.82) is 0 Å². The second-order valence-electron chi connectivity index (χ2n) is 2.01. The number of hydrogen-bond donors (Lipinski definition) is 2. The van der Waals surface area contributed by atoms with Crippen molar-refractivity contribution in [3.8, 4) is 0 Å². The fourth-order valence-corrected chi connectivity index (χ4v) is 0.923. The second kappa shape index (κ2) is 3.44. The number of anilines is 1. The molecule has 0 amide bonds. The van der Waals surface area contributed by atoms with Crippen molar-refractivity contribution in [3.63, 3.8) is 0 Å². The van der Waals surface area contributed by atoms with Crippen molar-refractivity contribution in [2.75, 3.05) is 12.3 Å².